The van der Waals surface area contributed by atoms with Gasteiger partial charge < -0.3 is 0 Å². The zero-order valence-corrected chi connectivity index (χ0v) is 12.8. The van der Waals surface area contributed by atoms with Crippen LogP contribution in [-0.4, -0.2) is 10.6 Å². The van der Waals surface area contributed by atoms with Crippen LogP contribution in [0.5, 0.6) is 0 Å². The van der Waals surface area contributed by atoms with E-state index in [0.717, 1.165) is 18.3 Å². The fraction of sp³-hybridized carbons (Fsp3) is 0.929. The Labute approximate surface area is 115 Å². The van der Waals surface area contributed by atoms with Crippen molar-refractivity contribution in [2.24, 2.45) is 23.2 Å². The van der Waals surface area contributed by atoms with Gasteiger partial charge in [0.25, 0.3) is 0 Å². The van der Waals surface area contributed by atoms with Crippen LogP contribution in [0.1, 0.15) is 53.4 Å². The molecule has 100 valence electrons. The molecule has 3 atom stereocenters. The monoisotopic (exact) mass is 278 g/mol. The summed E-state index contributed by atoms with van der Waals surface area (Å²) in [6.07, 6.45) is 4.02. The quantitative estimate of drug-likeness (QED) is 0.657. The Balaban J connectivity index is 2.49. The van der Waals surface area contributed by atoms with E-state index in [2.05, 4.69) is 27.7 Å². The molecule has 0 bridgehead atoms. The van der Waals surface area contributed by atoms with Gasteiger partial charge in [-0.3, -0.25) is 4.79 Å². The van der Waals surface area contributed by atoms with E-state index >= 15 is 0 Å². The number of ketones is 1. The van der Waals surface area contributed by atoms with Gasteiger partial charge in [-0.15, -0.1) is 0 Å². The van der Waals surface area contributed by atoms with E-state index in [1.54, 1.807) is 0 Å². The molecule has 1 aliphatic rings. The van der Waals surface area contributed by atoms with E-state index in [9.17, 15) is 4.79 Å². The second-order valence-corrected chi connectivity index (χ2v) is 7.29. The van der Waals surface area contributed by atoms with Crippen LogP contribution < -0.4 is 0 Å². The number of hydrogen-bond acceptors (Lipinski definition) is 1. The molecular weight excluding hydrogens is 255 g/mol. The summed E-state index contributed by atoms with van der Waals surface area (Å²) < 4.78 is 0. The normalized spacial score (nSPS) is 29.6. The first-order chi connectivity index (χ1) is 7.76. The molecule has 0 unspecified atom stereocenters. The summed E-state index contributed by atoms with van der Waals surface area (Å²) in [6.45, 7) is 9.32. The first-order valence-corrected chi connectivity index (χ1v) is 7.45. The number of Topliss-reactive ketones (excluding diaryl/α,β-unsaturated/α-hetero) is 1. The van der Waals surface area contributed by atoms with Crippen molar-refractivity contribution >= 4 is 29.0 Å². The highest BCUT2D eigenvalue weighted by Gasteiger charge is 2.42. The van der Waals surface area contributed by atoms with E-state index < -0.39 is 4.84 Å². The molecular formula is C14H24Cl2O. The Kier molecular flexibility index (Phi) is 5.34. The summed E-state index contributed by atoms with van der Waals surface area (Å²) >= 11 is 11.1. The molecule has 0 N–H and O–H groups in total. The second kappa shape index (κ2) is 5.93. The topological polar surface area (TPSA) is 17.1 Å². The molecule has 0 heterocycles. The fourth-order valence-corrected chi connectivity index (χ4v) is 3.46. The molecule has 0 aromatic heterocycles. The van der Waals surface area contributed by atoms with E-state index in [0.29, 0.717) is 17.8 Å². The minimum Gasteiger partial charge on any atom is -0.297 e. The molecule has 1 aliphatic carbocycles. The van der Waals surface area contributed by atoms with Crippen molar-refractivity contribution in [1.82, 2.24) is 0 Å². The third kappa shape index (κ3) is 3.61. The van der Waals surface area contributed by atoms with Gasteiger partial charge in [0.2, 0.25) is 0 Å². The SMILES string of the molecule is C[C@H](CCC(=O)C(Cl)Cl)[C@H]1CC[C@@H](C)C1(C)C. The van der Waals surface area contributed by atoms with Gasteiger partial charge in [0, 0.05) is 6.42 Å². The molecule has 0 aromatic rings. The van der Waals surface area contributed by atoms with Gasteiger partial charge in [0.05, 0.1) is 0 Å². The molecule has 1 fully saturated rings. The lowest BCUT2D eigenvalue weighted by atomic mass is 9.70. The number of alkyl halides is 2. The average Bonchev–Trinajstić information content (AvgIpc) is 2.50. The highest BCUT2D eigenvalue weighted by Crippen LogP contribution is 2.51. The Morgan fingerprint density at radius 1 is 1.35 bits per heavy atom. The van der Waals surface area contributed by atoms with Crippen molar-refractivity contribution < 1.29 is 4.79 Å². The van der Waals surface area contributed by atoms with Crippen LogP contribution in [0, 0.1) is 23.2 Å². The van der Waals surface area contributed by atoms with Gasteiger partial charge in [0.15, 0.2) is 10.6 Å². The van der Waals surface area contributed by atoms with Gasteiger partial charge in [0.1, 0.15) is 0 Å². The Bertz CT molecular complexity index is 273. The van der Waals surface area contributed by atoms with Crippen LogP contribution in [-0.2, 0) is 4.79 Å². The predicted molar refractivity (Wildman–Crippen MR) is 74.6 cm³/mol. The maximum absolute atomic E-state index is 11.4. The lowest BCUT2D eigenvalue weighted by molar-refractivity contribution is -0.117. The van der Waals surface area contributed by atoms with E-state index in [1.807, 2.05) is 0 Å². The molecule has 1 rings (SSSR count). The van der Waals surface area contributed by atoms with E-state index in [-0.39, 0.29) is 5.78 Å². The molecule has 0 amide bonds. The maximum atomic E-state index is 11.4. The molecule has 3 heteroatoms. The largest absolute Gasteiger partial charge is 0.297 e. The summed E-state index contributed by atoms with van der Waals surface area (Å²) in [5.41, 5.74) is 0.393. The minimum atomic E-state index is -0.849. The minimum absolute atomic E-state index is 0.0379. The third-order valence-corrected chi connectivity index (χ3v) is 5.40. The zero-order chi connectivity index (χ0) is 13.2. The number of hydrogen-bond donors (Lipinski definition) is 0. The highest BCUT2D eigenvalue weighted by atomic mass is 35.5. The second-order valence-electron chi connectivity index (χ2n) is 6.19. The van der Waals surface area contributed by atoms with Crippen molar-refractivity contribution in [3.63, 3.8) is 0 Å². The summed E-state index contributed by atoms with van der Waals surface area (Å²) in [7, 11) is 0. The van der Waals surface area contributed by atoms with Crippen molar-refractivity contribution in [2.75, 3.05) is 0 Å². The fourth-order valence-electron chi connectivity index (χ4n) is 3.24. The van der Waals surface area contributed by atoms with Crippen molar-refractivity contribution in [3.05, 3.63) is 0 Å². The van der Waals surface area contributed by atoms with Crippen LogP contribution in [0.4, 0.5) is 0 Å². The van der Waals surface area contributed by atoms with E-state index in [1.165, 1.54) is 12.8 Å². The third-order valence-electron chi connectivity index (χ3n) is 4.91. The molecule has 0 aromatic carbocycles. The first-order valence-electron chi connectivity index (χ1n) is 6.57. The number of halogens is 2. The lowest BCUT2D eigenvalue weighted by Crippen LogP contribution is -2.28. The van der Waals surface area contributed by atoms with Crippen LogP contribution >= 0.6 is 23.2 Å². The summed E-state index contributed by atoms with van der Waals surface area (Å²) in [6, 6.07) is 0. The summed E-state index contributed by atoms with van der Waals surface area (Å²) in [5, 5.41) is 0. The average molecular weight is 279 g/mol. The maximum Gasteiger partial charge on any atom is 0.165 e. The van der Waals surface area contributed by atoms with Crippen LogP contribution in [0.25, 0.3) is 0 Å². The van der Waals surface area contributed by atoms with Crippen LogP contribution in [0.3, 0.4) is 0 Å². The van der Waals surface area contributed by atoms with Crippen LogP contribution in [0.15, 0.2) is 0 Å². The Hall–Kier alpha value is 0.250. The van der Waals surface area contributed by atoms with Gasteiger partial charge >= 0.3 is 0 Å². The van der Waals surface area contributed by atoms with Gasteiger partial charge in [-0.05, 0) is 42.4 Å². The van der Waals surface area contributed by atoms with Crippen LogP contribution in [0.2, 0.25) is 0 Å². The molecule has 1 nitrogen and oxygen atoms in total. The highest BCUT2D eigenvalue weighted by molar-refractivity contribution is 6.53. The standard InChI is InChI=1S/C14H24Cl2O/c1-9(5-8-12(17)13(15)16)11-7-6-10(2)14(11,3)4/h9-11,13H,5-8H2,1-4H3/t9-,10-,11-/m1/s1. The lowest BCUT2D eigenvalue weighted by Gasteiger charge is -2.35. The smallest absolute Gasteiger partial charge is 0.165 e. The summed E-state index contributed by atoms with van der Waals surface area (Å²) in [5.74, 6) is 2.03. The molecule has 0 saturated heterocycles. The molecule has 1 saturated carbocycles. The number of carbonyl (C=O) groups excluding carboxylic acids is 1. The van der Waals surface area contributed by atoms with Gasteiger partial charge in [-0.1, -0.05) is 50.9 Å². The Morgan fingerprint density at radius 3 is 2.35 bits per heavy atom. The molecule has 0 aliphatic heterocycles. The first kappa shape index (κ1) is 15.3. The van der Waals surface area contributed by atoms with Gasteiger partial charge in [-0.25, -0.2) is 0 Å². The van der Waals surface area contributed by atoms with Crippen molar-refractivity contribution in [2.45, 2.75) is 58.2 Å². The predicted octanol–water partition coefficient (Wildman–Crippen LogP) is 4.85. The van der Waals surface area contributed by atoms with Gasteiger partial charge in [-0.2, -0.15) is 0 Å². The zero-order valence-electron chi connectivity index (χ0n) is 11.3. The Morgan fingerprint density at radius 2 is 1.94 bits per heavy atom. The number of carbonyl (C=O) groups is 1. The van der Waals surface area contributed by atoms with Crippen molar-refractivity contribution in [1.29, 1.82) is 0 Å². The summed E-state index contributed by atoms with van der Waals surface area (Å²) in [4.78, 5) is 10.6. The molecule has 17 heavy (non-hydrogen) atoms. The molecule has 0 spiro atoms. The van der Waals surface area contributed by atoms with Crippen molar-refractivity contribution in [3.8, 4) is 0 Å². The van der Waals surface area contributed by atoms with E-state index in [4.69, 9.17) is 23.2 Å². The molecule has 0 radical (unpaired) electrons. The number of rotatable bonds is 5.